The summed E-state index contributed by atoms with van der Waals surface area (Å²) in [6, 6.07) is -0.480. The van der Waals surface area contributed by atoms with Gasteiger partial charge in [0.1, 0.15) is 13.4 Å². The molecule has 0 radical (unpaired) electrons. The monoisotopic (exact) mass is 309 g/mol. The van der Waals surface area contributed by atoms with Gasteiger partial charge in [-0.05, 0) is 12.8 Å². The second-order valence-electron chi connectivity index (χ2n) is 4.95. The molecule has 2 aliphatic rings. The van der Waals surface area contributed by atoms with Crippen molar-refractivity contribution >= 4 is 16.2 Å². The van der Waals surface area contributed by atoms with Crippen LogP contribution in [0.25, 0.3) is 0 Å². The van der Waals surface area contributed by atoms with E-state index in [2.05, 4.69) is 0 Å². The van der Waals surface area contributed by atoms with Crippen molar-refractivity contribution in [2.45, 2.75) is 31.0 Å². The minimum absolute atomic E-state index is 0.0860. The highest BCUT2D eigenvalue weighted by Crippen LogP contribution is 2.30. The van der Waals surface area contributed by atoms with E-state index in [0.717, 1.165) is 6.26 Å². The molecule has 116 valence electrons. The third-order valence-electron chi connectivity index (χ3n) is 3.36. The van der Waals surface area contributed by atoms with Gasteiger partial charge in [0.25, 0.3) is 10.1 Å². The largest absolute Gasteiger partial charge is 0.447 e. The summed E-state index contributed by atoms with van der Waals surface area (Å²) in [6.07, 6.45) is 1.57. The molecule has 2 saturated heterocycles. The summed E-state index contributed by atoms with van der Waals surface area (Å²) in [7, 11) is -2.02. The molecule has 0 saturated carbocycles. The Hall–Kier alpha value is -0.900. The number of fused-ring (bicyclic) bond motifs is 1. The summed E-state index contributed by atoms with van der Waals surface area (Å²) in [5, 5.41) is 0. The fraction of sp³-hybridized carbons (Fsp3) is 0.909. The molecule has 0 aliphatic carbocycles. The molecule has 9 heteroatoms. The van der Waals surface area contributed by atoms with Crippen LogP contribution in [-0.2, 0) is 28.5 Å². The van der Waals surface area contributed by atoms with Gasteiger partial charge in [0.15, 0.2) is 0 Å². The van der Waals surface area contributed by atoms with Crippen LogP contribution in [0.1, 0.15) is 12.8 Å². The van der Waals surface area contributed by atoms with Gasteiger partial charge >= 0.3 is 6.09 Å². The number of amides is 1. The summed E-state index contributed by atoms with van der Waals surface area (Å²) >= 11 is 0. The van der Waals surface area contributed by atoms with Crippen molar-refractivity contribution in [2.24, 2.45) is 0 Å². The lowest BCUT2D eigenvalue weighted by Gasteiger charge is -2.38. The second-order valence-corrected chi connectivity index (χ2v) is 6.59. The van der Waals surface area contributed by atoms with E-state index < -0.39 is 16.2 Å². The van der Waals surface area contributed by atoms with Gasteiger partial charge in [-0.15, -0.1) is 0 Å². The van der Waals surface area contributed by atoms with E-state index in [1.54, 1.807) is 4.90 Å². The summed E-state index contributed by atoms with van der Waals surface area (Å²) in [5.41, 5.74) is 0. The van der Waals surface area contributed by atoms with Gasteiger partial charge < -0.3 is 14.2 Å². The minimum atomic E-state index is -3.55. The van der Waals surface area contributed by atoms with Crippen LogP contribution in [0.2, 0.25) is 0 Å². The third-order valence-corrected chi connectivity index (χ3v) is 3.93. The molecule has 8 nitrogen and oxygen atoms in total. The van der Waals surface area contributed by atoms with Crippen LogP contribution in [-0.4, -0.2) is 71.0 Å². The highest BCUT2D eigenvalue weighted by molar-refractivity contribution is 7.85. The van der Waals surface area contributed by atoms with Crippen molar-refractivity contribution in [3.8, 4) is 0 Å². The van der Waals surface area contributed by atoms with Gasteiger partial charge in [0.2, 0.25) is 0 Å². The average molecular weight is 309 g/mol. The third kappa shape index (κ3) is 3.81. The van der Waals surface area contributed by atoms with Crippen LogP contribution < -0.4 is 0 Å². The Morgan fingerprint density at radius 2 is 2.15 bits per heavy atom. The second kappa shape index (κ2) is 6.25. The Kier molecular flexibility index (Phi) is 4.84. The lowest BCUT2D eigenvalue weighted by molar-refractivity contribution is -0.101. The Labute approximate surface area is 118 Å². The highest BCUT2D eigenvalue weighted by Gasteiger charge is 2.44. The van der Waals surface area contributed by atoms with E-state index in [4.69, 9.17) is 18.4 Å². The van der Waals surface area contributed by atoms with Crippen LogP contribution in [0.15, 0.2) is 0 Å². The Morgan fingerprint density at radius 1 is 1.40 bits per heavy atom. The van der Waals surface area contributed by atoms with Gasteiger partial charge in [0.05, 0.1) is 31.1 Å². The molecule has 2 heterocycles. The molecule has 3 atom stereocenters. The zero-order valence-electron chi connectivity index (χ0n) is 11.5. The van der Waals surface area contributed by atoms with E-state index in [1.807, 2.05) is 0 Å². The number of rotatable bonds is 6. The maximum Gasteiger partial charge on any atom is 0.410 e. The minimum Gasteiger partial charge on any atom is -0.447 e. The van der Waals surface area contributed by atoms with E-state index in [1.165, 1.54) is 7.11 Å². The van der Waals surface area contributed by atoms with E-state index in [9.17, 15) is 13.2 Å². The summed E-state index contributed by atoms with van der Waals surface area (Å²) < 4.78 is 42.4. The van der Waals surface area contributed by atoms with Gasteiger partial charge in [-0.25, -0.2) is 4.79 Å². The predicted molar refractivity (Wildman–Crippen MR) is 67.5 cm³/mol. The first-order valence-corrected chi connectivity index (χ1v) is 8.12. The first-order chi connectivity index (χ1) is 9.40. The number of nitrogens with zero attached hydrogens (tertiary/aromatic N) is 1. The number of ether oxygens (including phenoxy) is 3. The van der Waals surface area contributed by atoms with Crippen molar-refractivity contribution in [3.63, 3.8) is 0 Å². The molecule has 1 amide bonds. The van der Waals surface area contributed by atoms with Crippen LogP contribution in [0.4, 0.5) is 4.79 Å². The van der Waals surface area contributed by atoms with Gasteiger partial charge in [-0.2, -0.15) is 8.42 Å². The van der Waals surface area contributed by atoms with Crippen molar-refractivity contribution in [1.82, 2.24) is 4.90 Å². The fourth-order valence-electron chi connectivity index (χ4n) is 2.57. The fourth-order valence-corrected chi connectivity index (χ4v) is 2.97. The first kappa shape index (κ1) is 15.5. The molecule has 2 fully saturated rings. The van der Waals surface area contributed by atoms with Crippen molar-refractivity contribution in [3.05, 3.63) is 0 Å². The molecular formula is C11H19NO7S. The maximum atomic E-state index is 11.7. The van der Waals surface area contributed by atoms with E-state index in [-0.39, 0.29) is 31.6 Å². The molecule has 2 rings (SSSR count). The molecule has 0 bridgehead atoms. The zero-order valence-corrected chi connectivity index (χ0v) is 12.3. The molecule has 0 aromatic heterocycles. The summed E-state index contributed by atoms with van der Waals surface area (Å²) in [4.78, 5) is 13.3. The SMILES string of the molecule is COCO[C@H]1C[C@@H](COS(C)(=O)=O)N2C(=O)OC[C@H]2C1. The van der Waals surface area contributed by atoms with Crippen molar-refractivity contribution in [2.75, 3.05) is 33.4 Å². The number of cyclic esters (lactones) is 1. The normalized spacial score (nSPS) is 30.2. The number of piperidine rings is 1. The Balaban J connectivity index is 2.02. The van der Waals surface area contributed by atoms with Crippen LogP contribution in [0.3, 0.4) is 0 Å². The number of methoxy groups -OCH3 is 1. The number of hydrogen-bond acceptors (Lipinski definition) is 7. The predicted octanol–water partition coefficient (Wildman–Crippen LogP) is -0.0651. The topological polar surface area (TPSA) is 91.4 Å². The van der Waals surface area contributed by atoms with E-state index in [0.29, 0.717) is 19.4 Å². The van der Waals surface area contributed by atoms with Gasteiger partial charge in [-0.1, -0.05) is 0 Å². The molecule has 0 aromatic rings. The molecule has 2 aliphatic heterocycles. The smallest absolute Gasteiger partial charge is 0.410 e. The quantitative estimate of drug-likeness (QED) is 0.501. The lowest BCUT2D eigenvalue weighted by Crippen LogP contribution is -2.52. The Morgan fingerprint density at radius 3 is 2.80 bits per heavy atom. The molecule has 0 N–H and O–H groups in total. The highest BCUT2D eigenvalue weighted by atomic mass is 32.2. The molecule has 0 aromatic carbocycles. The molecular weight excluding hydrogens is 290 g/mol. The summed E-state index contributed by atoms with van der Waals surface area (Å²) in [6.45, 7) is 0.365. The summed E-state index contributed by atoms with van der Waals surface area (Å²) in [5.74, 6) is 0. The van der Waals surface area contributed by atoms with Crippen LogP contribution >= 0.6 is 0 Å². The average Bonchev–Trinajstić information content (AvgIpc) is 2.74. The number of hydrogen-bond donors (Lipinski definition) is 0. The van der Waals surface area contributed by atoms with Crippen LogP contribution in [0, 0.1) is 0 Å². The van der Waals surface area contributed by atoms with E-state index >= 15 is 0 Å². The lowest BCUT2D eigenvalue weighted by atomic mass is 9.95. The first-order valence-electron chi connectivity index (χ1n) is 6.30. The number of carbonyl (C=O) groups excluding carboxylic acids is 1. The zero-order chi connectivity index (χ0) is 14.8. The van der Waals surface area contributed by atoms with Gasteiger partial charge in [0, 0.05) is 7.11 Å². The maximum absolute atomic E-state index is 11.7. The van der Waals surface area contributed by atoms with Crippen molar-refractivity contribution < 1.29 is 31.6 Å². The standard InChI is InChI=1S/C11H19NO7S/c1-16-7-18-10-3-8-5-17-11(13)12(8)9(4-10)6-19-20(2,14)15/h8-10H,3-7H2,1-2H3/t8-,9+,10-/m1/s1. The molecule has 20 heavy (non-hydrogen) atoms. The molecule has 0 unspecified atom stereocenters. The number of carbonyl (C=O) groups is 1. The Bertz CT molecular complexity index is 452. The van der Waals surface area contributed by atoms with Gasteiger partial charge in [-0.3, -0.25) is 9.08 Å². The molecule has 0 spiro atoms. The van der Waals surface area contributed by atoms with Crippen molar-refractivity contribution in [1.29, 1.82) is 0 Å². The van der Waals surface area contributed by atoms with Crippen LogP contribution in [0.5, 0.6) is 0 Å².